The number of hydrogen-bond acceptors (Lipinski definition) is 4. The topological polar surface area (TPSA) is 67.8 Å². The fourth-order valence-corrected chi connectivity index (χ4v) is 1.79. The Bertz CT molecular complexity index is 700. The van der Waals surface area contributed by atoms with Gasteiger partial charge >= 0.3 is 5.97 Å². The molecular weight excluding hydrogens is 299 g/mol. The van der Waals surface area contributed by atoms with Crippen LogP contribution in [0.5, 0.6) is 0 Å². The Hall–Kier alpha value is -3.02. The van der Waals surface area contributed by atoms with Gasteiger partial charge in [0.05, 0.1) is 12.8 Å². The Labute approximate surface area is 132 Å². The van der Waals surface area contributed by atoms with E-state index in [-0.39, 0.29) is 5.82 Å². The summed E-state index contributed by atoms with van der Waals surface area (Å²) in [6.07, 6.45) is 1.25. The largest absolute Gasteiger partial charge is 0.467 e. The van der Waals surface area contributed by atoms with E-state index >= 15 is 0 Å². The van der Waals surface area contributed by atoms with E-state index in [4.69, 9.17) is 0 Å². The number of nitrogens with one attached hydrogen (secondary N) is 1. The Morgan fingerprint density at radius 2 is 1.78 bits per heavy atom. The molecule has 1 unspecified atom stereocenters. The minimum atomic E-state index is -1.04. The normalized spacial score (nSPS) is 11.9. The van der Waals surface area contributed by atoms with Crippen LogP contribution in [-0.2, 0) is 9.53 Å². The van der Waals surface area contributed by atoms with Gasteiger partial charge in [0.2, 0.25) is 0 Å². The predicted octanol–water partition coefficient (Wildman–Crippen LogP) is 2.50. The summed E-state index contributed by atoms with van der Waals surface area (Å²) in [4.78, 5) is 27.9. The van der Waals surface area contributed by atoms with Gasteiger partial charge in [0.15, 0.2) is 6.04 Å². The molecule has 0 heterocycles. The maximum absolute atomic E-state index is 12.8. The highest BCUT2D eigenvalue weighted by Gasteiger charge is 2.20. The molecule has 5 nitrogen and oxygen atoms in total. The van der Waals surface area contributed by atoms with Crippen LogP contribution in [0.15, 0.2) is 59.6 Å². The zero-order valence-corrected chi connectivity index (χ0v) is 12.4. The van der Waals surface area contributed by atoms with Crippen molar-refractivity contribution in [1.29, 1.82) is 0 Å². The molecule has 2 aromatic carbocycles. The van der Waals surface area contributed by atoms with Crippen molar-refractivity contribution in [2.45, 2.75) is 6.04 Å². The van der Waals surface area contributed by atoms with Crippen molar-refractivity contribution in [1.82, 2.24) is 5.32 Å². The number of benzene rings is 2. The first-order valence-electron chi connectivity index (χ1n) is 6.83. The average molecular weight is 314 g/mol. The lowest BCUT2D eigenvalue weighted by Gasteiger charge is -2.12. The standard InChI is InChI=1S/C17H15FN2O3/c1-23-17(22)15(11-19-14-9-7-13(18)8-10-14)20-16(21)12-5-3-2-4-6-12/h2-11,15H,1H3,(H,20,21). The van der Waals surface area contributed by atoms with E-state index in [0.29, 0.717) is 11.3 Å². The van der Waals surface area contributed by atoms with E-state index in [1.54, 1.807) is 30.3 Å². The zero-order valence-electron chi connectivity index (χ0n) is 12.4. The van der Waals surface area contributed by atoms with Gasteiger partial charge in [0.1, 0.15) is 5.82 Å². The number of hydrogen-bond donors (Lipinski definition) is 1. The third-order valence-electron chi connectivity index (χ3n) is 2.98. The number of amides is 1. The van der Waals surface area contributed by atoms with Crippen molar-refractivity contribution in [3.05, 3.63) is 66.0 Å². The molecule has 1 N–H and O–H groups in total. The number of nitrogens with zero attached hydrogens (tertiary/aromatic N) is 1. The SMILES string of the molecule is COC(=O)C(C=Nc1ccc(F)cc1)NC(=O)c1ccccc1. The van der Waals surface area contributed by atoms with Crippen LogP contribution in [0.2, 0.25) is 0 Å². The molecule has 0 aliphatic rings. The molecule has 0 saturated heterocycles. The molecule has 0 bridgehead atoms. The highest BCUT2D eigenvalue weighted by molar-refractivity contribution is 6.03. The van der Waals surface area contributed by atoms with Crippen molar-refractivity contribution >= 4 is 23.8 Å². The first-order chi connectivity index (χ1) is 11.1. The fraction of sp³-hybridized carbons (Fsp3) is 0.118. The van der Waals surface area contributed by atoms with E-state index in [9.17, 15) is 14.0 Å². The monoisotopic (exact) mass is 314 g/mol. The summed E-state index contributed by atoms with van der Waals surface area (Å²) in [5.74, 6) is -1.46. The Balaban J connectivity index is 2.12. The lowest BCUT2D eigenvalue weighted by atomic mass is 10.2. The highest BCUT2D eigenvalue weighted by atomic mass is 19.1. The molecule has 0 aliphatic heterocycles. The first kappa shape index (κ1) is 16.4. The Morgan fingerprint density at radius 1 is 1.13 bits per heavy atom. The average Bonchev–Trinajstić information content (AvgIpc) is 2.59. The lowest BCUT2D eigenvalue weighted by Crippen LogP contribution is -2.42. The van der Waals surface area contributed by atoms with E-state index in [1.807, 2.05) is 0 Å². The zero-order chi connectivity index (χ0) is 16.7. The molecule has 0 fully saturated rings. The molecule has 0 aromatic heterocycles. The molecule has 0 radical (unpaired) electrons. The minimum Gasteiger partial charge on any atom is -0.467 e. The van der Waals surface area contributed by atoms with Gasteiger partial charge in [-0.2, -0.15) is 0 Å². The van der Waals surface area contributed by atoms with E-state index in [0.717, 1.165) is 0 Å². The Morgan fingerprint density at radius 3 is 2.39 bits per heavy atom. The smallest absolute Gasteiger partial charge is 0.334 e. The van der Waals surface area contributed by atoms with Gasteiger partial charge in [0.25, 0.3) is 5.91 Å². The number of aliphatic imine (C=N–C) groups is 1. The van der Waals surface area contributed by atoms with Crippen molar-refractivity contribution in [2.24, 2.45) is 4.99 Å². The van der Waals surface area contributed by atoms with Gasteiger partial charge < -0.3 is 10.1 Å². The quantitative estimate of drug-likeness (QED) is 0.681. The number of carbonyl (C=O) groups excluding carboxylic acids is 2. The number of methoxy groups -OCH3 is 1. The molecule has 1 amide bonds. The second-order valence-electron chi connectivity index (χ2n) is 4.59. The Kier molecular flexibility index (Phi) is 5.57. The fourth-order valence-electron chi connectivity index (χ4n) is 1.79. The van der Waals surface area contributed by atoms with Crippen molar-refractivity contribution in [2.75, 3.05) is 7.11 Å². The molecule has 118 valence electrons. The van der Waals surface area contributed by atoms with Gasteiger partial charge in [-0.05, 0) is 36.4 Å². The van der Waals surface area contributed by atoms with Crippen LogP contribution < -0.4 is 5.32 Å². The van der Waals surface area contributed by atoms with Crippen molar-refractivity contribution < 1.29 is 18.7 Å². The lowest BCUT2D eigenvalue weighted by molar-refractivity contribution is -0.140. The van der Waals surface area contributed by atoms with Crippen LogP contribution >= 0.6 is 0 Å². The maximum Gasteiger partial charge on any atom is 0.334 e. The number of esters is 1. The maximum atomic E-state index is 12.8. The molecule has 0 spiro atoms. The van der Waals surface area contributed by atoms with Crippen LogP contribution in [0.1, 0.15) is 10.4 Å². The summed E-state index contributed by atoms with van der Waals surface area (Å²) in [7, 11) is 1.22. The van der Waals surface area contributed by atoms with Gasteiger partial charge in [-0.15, -0.1) is 0 Å². The van der Waals surface area contributed by atoms with E-state index < -0.39 is 17.9 Å². The third kappa shape index (κ3) is 4.74. The molecule has 6 heteroatoms. The molecule has 23 heavy (non-hydrogen) atoms. The molecule has 1 atom stereocenters. The predicted molar refractivity (Wildman–Crippen MR) is 84.3 cm³/mol. The summed E-state index contributed by atoms with van der Waals surface area (Å²) < 4.78 is 17.5. The molecular formula is C17H15FN2O3. The second-order valence-corrected chi connectivity index (χ2v) is 4.59. The van der Waals surface area contributed by atoms with Gasteiger partial charge in [-0.3, -0.25) is 9.79 Å². The summed E-state index contributed by atoms with van der Waals surface area (Å²) in [5, 5.41) is 2.53. The van der Waals surface area contributed by atoms with Crippen LogP contribution in [0.25, 0.3) is 0 Å². The number of rotatable bonds is 5. The van der Waals surface area contributed by atoms with E-state index in [1.165, 1.54) is 37.6 Å². The van der Waals surface area contributed by atoms with Crippen LogP contribution in [-0.4, -0.2) is 31.2 Å². The summed E-state index contributed by atoms with van der Waals surface area (Å²) >= 11 is 0. The minimum absolute atomic E-state index is 0.383. The summed E-state index contributed by atoms with van der Waals surface area (Å²) in [6, 6.07) is 12.8. The van der Waals surface area contributed by atoms with Crippen LogP contribution in [0.4, 0.5) is 10.1 Å². The first-order valence-corrected chi connectivity index (χ1v) is 6.83. The van der Waals surface area contributed by atoms with E-state index in [2.05, 4.69) is 15.0 Å². The molecule has 2 rings (SSSR count). The summed E-state index contributed by atoms with van der Waals surface area (Å²) in [6.45, 7) is 0. The van der Waals surface area contributed by atoms with Crippen LogP contribution in [0.3, 0.4) is 0 Å². The van der Waals surface area contributed by atoms with Crippen LogP contribution in [0, 0.1) is 5.82 Å². The number of carbonyl (C=O) groups is 2. The van der Waals surface area contributed by atoms with Gasteiger partial charge in [-0.25, -0.2) is 9.18 Å². The second kappa shape index (κ2) is 7.84. The van der Waals surface area contributed by atoms with Crippen molar-refractivity contribution in [3.63, 3.8) is 0 Å². The number of ether oxygens (including phenoxy) is 1. The number of halogens is 1. The molecule has 0 aliphatic carbocycles. The summed E-state index contributed by atoms with van der Waals surface area (Å²) in [5.41, 5.74) is 0.867. The van der Waals surface area contributed by atoms with Gasteiger partial charge in [0, 0.05) is 11.8 Å². The third-order valence-corrected chi connectivity index (χ3v) is 2.98. The van der Waals surface area contributed by atoms with Crippen molar-refractivity contribution in [3.8, 4) is 0 Å². The highest BCUT2D eigenvalue weighted by Crippen LogP contribution is 2.11. The van der Waals surface area contributed by atoms with Gasteiger partial charge in [-0.1, -0.05) is 18.2 Å². The molecule has 0 saturated carbocycles. The molecule has 2 aromatic rings.